The molecular weight excluding hydrogens is 350 g/mol. The predicted octanol–water partition coefficient (Wildman–Crippen LogP) is 2.13. The normalized spacial score (nSPS) is 10.2. The number of nitrogens with one attached hydrogen (secondary N) is 2. The highest BCUT2D eigenvalue weighted by Gasteiger charge is 2.13. The Balaban J connectivity index is 1.67. The van der Waals surface area contributed by atoms with Gasteiger partial charge in [-0.05, 0) is 42.3 Å². The monoisotopic (exact) mass is 373 g/mol. The summed E-state index contributed by atoms with van der Waals surface area (Å²) in [6.07, 6.45) is 0.367. The van der Waals surface area contributed by atoms with Gasteiger partial charge in [0.2, 0.25) is 5.76 Å². The number of methoxy groups -OCH3 is 1. The molecule has 0 atom stereocenters. The van der Waals surface area contributed by atoms with Gasteiger partial charge in [-0.25, -0.2) is 0 Å². The van der Waals surface area contributed by atoms with Crippen LogP contribution in [0.3, 0.4) is 0 Å². The molecule has 8 heteroatoms. The van der Waals surface area contributed by atoms with E-state index in [1.807, 2.05) is 32.0 Å². The zero-order chi connectivity index (χ0) is 19.8. The van der Waals surface area contributed by atoms with Gasteiger partial charge in [0.05, 0.1) is 13.2 Å². The molecule has 0 aliphatic carbocycles. The molecule has 8 nitrogen and oxygen atoms in total. The molecule has 27 heavy (non-hydrogen) atoms. The van der Waals surface area contributed by atoms with Gasteiger partial charge in [0.25, 0.3) is 17.7 Å². The minimum absolute atomic E-state index is 0.0447. The minimum atomic E-state index is -0.428. The van der Waals surface area contributed by atoms with Gasteiger partial charge in [0.15, 0.2) is 6.61 Å². The van der Waals surface area contributed by atoms with Crippen LogP contribution in [0.5, 0.6) is 11.6 Å². The standard InChI is InChI=1S/C19H23N3O5/c1-12-5-6-15(9-13(12)2)26-11-17(23)21-14(3)7-8-20-19(24)16-10-18(25-4)22-27-16/h5-6,9-10H,3,7-8,11H2,1-2,4H3,(H,20,24)(H,21,23). The molecule has 0 radical (unpaired) electrons. The third-order valence-corrected chi connectivity index (χ3v) is 3.80. The van der Waals surface area contributed by atoms with Crippen LogP contribution in [-0.2, 0) is 4.79 Å². The van der Waals surface area contributed by atoms with Crippen molar-refractivity contribution in [1.29, 1.82) is 0 Å². The minimum Gasteiger partial charge on any atom is -0.484 e. The van der Waals surface area contributed by atoms with Gasteiger partial charge in [0.1, 0.15) is 5.75 Å². The van der Waals surface area contributed by atoms with Crippen molar-refractivity contribution >= 4 is 11.8 Å². The summed E-state index contributed by atoms with van der Waals surface area (Å²) >= 11 is 0. The largest absolute Gasteiger partial charge is 0.484 e. The highest BCUT2D eigenvalue weighted by Crippen LogP contribution is 2.16. The molecular formula is C19H23N3O5. The summed E-state index contributed by atoms with van der Waals surface area (Å²) in [5.41, 5.74) is 2.72. The lowest BCUT2D eigenvalue weighted by molar-refractivity contribution is -0.122. The summed E-state index contributed by atoms with van der Waals surface area (Å²) in [6, 6.07) is 7.02. The quantitative estimate of drug-likeness (QED) is 0.698. The highest BCUT2D eigenvalue weighted by molar-refractivity contribution is 5.91. The van der Waals surface area contributed by atoms with E-state index < -0.39 is 5.91 Å². The van der Waals surface area contributed by atoms with E-state index in [4.69, 9.17) is 14.0 Å². The Labute approximate surface area is 157 Å². The Morgan fingerprint density at radius 3 is 2.67 bits per heavy atom. The highest BCUT2D eigenvalue weighted by atomic mass is 16.5. The molecule has 0 spiro atoms. The fourth-order valence-electron chi connectivity index (χ4n) is 2.12. The topological polar surface area (TPSA) is 103 Å². The molecule has 2 amide bonds. The maximum Gasteiger partial charge on any atom is 0.290 e. The van der Waals surface area contributed by atoms with Crippen LogP contribution in [0.1, 0.15) is 28.1 Å². The average Bonchev–Trinajstić information content (AvgIpc) is 3.12. The molecule has 0 aliphatic heterocycles. The van der Waals surface area contributed by atoms with Gasteiger partial charge in [-0.3, -0.25) is 9.59 Å². The third-order valence-electron chi connectivity index (χ3n) is 3.80. The van der Waals surface area contributed by atoms with E-state index in [9.17, 15) is 9.59 Å². The number of amides is 2. The molecule has 1 aromatic carbocycles. The lowest BCUT2D eigenvalue weighted by atomic mass is 10.1. The van der Waals surface area contributed by atoms with Crippen molar-refractivity contribution in [1.82, 2.24) is 15.8 Å². The molecule has 2 aromatic rings. The summed E-state index contributed by atoms with van der Waals surface area (Å²) in [4.78, 5) is 23.8. The van der Waals surface area contributed by atoms with Gasteiger partial charge in [-0.15, -0.1) is 0 Å². The first kappa shape index (κ1) is 20.0. The SMILES string of the molecule is C=C(CCNC(=O)c1cc(OC)no1)NC(=O)COc1ccc(C)c(C)c1. The Hall–Kier alpha value is -3.29. The molecule has 0 saturated carbocycles. The number of aryl methyl sites for hydroxylation is 2. The Kier molecular flexibility index (Phi) is 6.99. The second-order valence-corrected chi connectivity index (χ2v) is 5.93. The van der Waals surface area contributed by atoms with Crippen molar-refractivity contribution in [3.63, 3.8) is 0 Å². The number of hydrogen-bond acceptors (Lipinski definition) is 6. The Bertz CT molecular complexity index is 829. The third kappa shape index (κ3) is 6.18. The summed E-state index contributed by atoms with van der Waals surface area (Å²) in [5.74, 6) is 0.157. The van der Waals surface area contributed by atoms with Crippen LogP contribution in [0.4, 0.5) is 0 Å². The number of ether oxygens (including phenoxy) is 2. The fourth-order valence-corrected chi connectivity index (χ4v) is 2.12. The van der Waals surface area contributed by atoms with Gasteiger partial charge < -0.3 is 24.6 Å². The lowest BCUT2D eigenvalue weighted by Crippen LogP contribution is -2.30. The van der Waals surface area contributed by atoms with Crippen LogP contribution in [0.15, 0.2) is 41.1 Å². The van der Waals surface area contributed by atoms with E-state index >= 15 is 0 Å². The number of nitrogens with zero attached hydrogens (tertiary/aromatic N) is 1. The van der Waals surface area contributed by atoms with E-state index in [0.717, 1.165) is 11.1 Å². The van der Waals surface area contributed by atoms with E-state index in [1.54, 1.807) is 0 Å². The summed E-state index contributed by atoms with van der Waals surface area (Å²) in [7, 11) is 1.43. The summed E-state index contributed by atoms with van der Waals surface area (Å²) < 4.78 is 15.1. The van der Waals surface area contributed by atoms with E-state index in [1.165, 1.54) is 13.2 Å². The van der Waals surface area contributed by atoms with Crippen molar-refractivity contribution in [2.75, 3.05) is 20.3 Å². The van der Waals surface area contributed by atoms with Crippen molar-refractivity contribution < 1.29 is 23.6 Å². The first-order valence-corrected chi connectivity index (χ1v) is 8.35. The molecule has 1 aromatic heterocycles. The molecule has 144 valence electrons. The molecule has 0 unspecified atom stereocenters. The first-order chi connectivity index (χ1) is 12.9. The Morgan fingerprint density at radius 1 is 1.22 bits per heavy atom. The van der Waals surface area contributed by atoms with Crippen LogP contribution in [0.25, 0.3) is 0 Å². The smallest absolute Gasteiger partial charge is 0.290 e. The fraction of sp³-hybridized carbons (Fsp3) is 0.316. The average molecular weight is 373 g/mol. The lowest BCUT2D eigenvalue weighted by Gasteiger charge is -2.11. The Morgan fingerprint density at radius 2 is 2.00 bits per heavy atom. The molecule has 2 N–H and O–H groups in total. The van der Waals surface area contributed by atoms with Gasteiger partial charge in [-0.2, -0.15) is 0 Å². The van der Waals surface area contributed by atoms with Gasteiger partial charge >= 0.3 is 0 Å². The second kappa shape index (κ2) is 9.42. The van der Waals surface area contributed by atoms with E-state index in [-0.39, 0.29) is 30.7 Å². The molecule has 0 aliphatic rings. The van der Waals surface area contributed by atoms with Crippen molar-refractivity contribution in [2.45, 2.75) is 20.3 Å². The predicted molar refractivity (Wildman–Crippen MR) is 98.7 cm³/mol. The van der Waals surface area contributed by atoms with E-state index in [2.05, 4.69) is 22.4 Å². The number of carbonyl (C=O) groups is 2. The number of hydrogen-bond donors (Lipinski definition) is 2. The van der Waals surface area contributed by atoms with Crippen LogP contribution in [-0.4, -0.2) is 37.2 Å². The van der Waals surface area contributed by atoms with Crippen LogP contribution >= 0.6 is 0 Å². The zero-order valence-corrected chi connectivity index (χ0v) is 15.6. The van der Waals surface area contributed by atoms with E-state index in [0.29, 0.717) is 17.9 Å². The maximum absolute atomic E-state index is 11.9. The van der Waals surface area contributed by atoms with Gasteiger partial charge in [-0.1, -0.05) is 12.6 Å². The van der Waals surface area contributed by atoms with Crippen LogP contribution in [0, 0.1) is 13.8 Å². The molecule has 1 heterocycles. The molecule has 0 saturated heterocycles. The first-order valence-electron chi connectivity index (χ1n) is 8.35. The van der Waals surface area contributed by atoms with Crippen LogP contribution in [0.2, 0.25) is 0 Å². The number of benzene rings is 1. The molecule has 2 rings (SSSR count). The van der Waals surface area contributed by atoms with Gasteiger partial charge in [0, 0.05) is 18.7 Å². The second-order valence-electron chi connectivity index (χ2n) is 5.93. The number of carbonyl (C=O) groups excluding carboxylic acids is 2. The number of rotatable bonds is 9. The van der Waals surface area contributed by atoms with Crippen molar-refractivity contribution in [3.05, 3.63) is 53.4 Å². The van der Waals surface area contributed by atoms with Crippen molar-refractivity contribution in [2.24, 2.45) is 0 Å². The molecule has 0 bridgehead atoms. The van der Waals surface area contributed by atoms with Crippen LogP contribution < -0.4 is 20.1 Å². The molecule has 0 fully saturated rings. The van der Waals surface area contributed by atoms with Crippen molar-refractivity contribution in [3.8, 4) is 11.6 Å². The summed E-state index contributed by atoms with van der Waals surface area (Å²) in [5, 5.41) is 8.82. The summed E-state index contributed by atoms with van der Waals surface area (Å²) in [6.45, 7) is 7.91. The zero-order valence-electron chi connectivity index (χ0n) is 15.6. The maximum atomic E-state index is 11.9. The number of aromatic nitrogens is 1.